The summed E-state index contributed by atoms with van der Waals surface area (Å²) >= 11 is 3.13. The number of nitrogens with one attached hydrogen (secondary N) is 1. The van der Waals surface area contributed by atoms with Gasteiger partial charge in [0.1, 0.15) is 5.82 Å². The fourth-order valence-electron chi connectivity index (χ4n) is 1.88. The zero-order valence-corrected chi connectivity index (χ0v) is 12.1. The van der Waals surface area contributed by atoms with Gasteiger partial charge in [-0.2, -0.15) is 0 Å². The maximum atomic E-state index is 13.4. The predicted molar refractivity (Wildman–Crippen MR) is 81.0 cm³/mol. The Bertz CT molecular complexity index is 761. The van der Waals surface area contributed by atoms with E-state index in [9.17, 15) is 4.39 Å². The average Bonchev–Trinajstić information content (AvgIpc) is 2.48. The zero-order chi connectivity index (χ0) is 13.9. The first-order chi connectivity index (χ1) is 9.72. The largest absolute Gasteiger partial charge is 0.379 e. The first kappa shape index (κ1) is 13.0. The van der Waals surface area contributed by atoms with Gasteiger partial charge < -0.3 is 5.32 Å². The van der Waals surface area contributed by atoms with Gasteiger partial charge in [-0.15, -0.1) is 0 Å². The molecular formula is C15H11BrFN3. The van der Waals surface area contributed by atoms with E-state index in [1.165, 1.54) is 6.07 Å². The van der Waals surface area contributed by atoms with Gasteiger partial charge in [0.2, 0.25) is 0 Å². The molecule has 0 aliphatic carbocycles. The highest BCUT2D eigenvalue weighted by Crippen LogP contribution is 2.19. The molecule has 1 N–H and O–H groups in total. The van der Waals surface area contributed by atoms with Crippen molar-refractivity contribution in [3.63, 3.8) is 0 Å². The van der Waals surface area contributed by atoms with Crippen LogP contribution in [-0.2, 0) is 6.54 Å². The second kappa shape index (κ2) is 5.54. The molecule has 0 spiro atoms. The SMILES string of the molecule is Fc1cc(NCc2cnc3ccccc3n2)ccc1Br. The van der Waals surface area contributed by atoms with Crippen molar-refractivity contribution >= 4 is 32.7 Å². The molecule has 0 amide bonds. The van der Waals surface area contributed by atoms with Crippen molar-refractivity contribution in [1.29, 1.82) is 0 Å². The average molecular weight is 332 g/mol. The number of nitrogens with zero attached hydrogens (tertiary/aromatic N) is 2. The van der Waals surface area contributed by atoms with E-state index < -0.39 is 0 Å². The first-order valence-corrected chi connectivity index (χ1v) is 6.91. The van der Waals surface area contributed by atoms with Crippen LogP contribution in [0.1, 0.15) is 5.69 Å². The number of fused-ring (bicyclic) bond motifs is 1. The lowest BCUT2D eigenvalue weighted by atomic mass is 10.3. The molecule has 20 heavy (non-hydrogen) atoms. The molecule has 0 atom stereocenters. The van der Waals surface area contributed by atoms with Crippen LogP contribution in [0.15, 0.2) is 53.1 Å². The molecule has 1 aromatic heterocycles. The highest BCUT2D eigenvalue weighted by molar-refractivity contribution is 9.10. The number of hydrogen-bond acceptors (Lipinski definition) is 3. The second-order valence-electron chi connectivity index (χ2n) is 4.33. The quantitative estimate of drug-likeness (QED) is 0.783. The van der Waals surface area contributed by atoms with Crippen LogP contribution in [0.25, 0.3) is 11.0 Å². The number of benzene rings is 2. The van der Waals surface area contributed by atoms with E-state index in [0.717, 1.165) is 16.7 Å². The smallest absolute Gasteiger partial charge is 0.139 e. The molecule has 3 aromatic rings. The standard InChI is InChI=1S/C15H11BrFN3/c16-12-6-5-10(7-13(12)17)18-8-11-9-19-14-3-1-2-4-15(14)20-11/h1-7,9,18H,8H2. The van der Waals surface area contributed by atoms with E-state index in [0.29, 0.717) is 16.7 Å². The van der Waals surface area contributed by atoms with Crippen LogP contribution < -0.4 is 5.32 Å². The molecule has 3 nitrogen and oxygen atoms in total. The summed E-state index contributed by atoms with van der Waals surface area (Å²) in [6.07, 6.45) is 1.73. The Kier molecular flexibility index (Phi) is 3.60. The summed E-state index contributed by atoms with van der Waals surface area (Å²) < 4.78 is 13.9. The maximum Gasteiger partial charge on any atom is 0.139 e. The molecule has 0 fully saturated rings. The summed E-state index contributed by atoms with van der Waals surface area (Å²) in [6, 6.07) is 12.6. The Morgan fingerprint density at radius 1 is 1.10 bits per heavy atom. The Hall–Kier alpha value is -2.01. The summed E-state index contributed by atoms with van der Waals surface area (Å²) in [7, 11) is 0. The van der Waals surface area contributed by atoms with Crippen molar-refractivity contribution in [2.45, 2.75) is 6.54 Å². The lowest BCUT2D eigenvalue weighted by Crippen LogP contribution is -2.03. The van der Waals surface area contributed by atoms with Crippen molar-refractivity contribution in [3.8, 4) is 0 Å². The van der Waals surface area contributed by atoms with Crippen molar-refractivity contribution in [1.82, 2.24) is 9.97 Å². The zero-order valence-electron chi connectivity index (χ0n) is 10.5. The summed E-state index contributed by atoms with van der Waals surface area (Å²) in [5, 5.41) is 3.13. The van der Waals surface area contributed by atoms with Crippen molar-refractivity contribution in [3.05, 3.63) is 64.6 Å². The van der Waals surface area contributed by atoms with Gasteiger partial charge in [0.05, 0.1) is 33.9 Å². The van der Waals surface area contributed by atoms with Gasteiger partial charge in [0, 0.05) is 5.69 Å². The number of para-hydroxylation sites is 2. The predicted octanol–water partition coefficient (Wildman–Crippen LogP) is 4.14. The van der Waals surface area contributed by atoms with Crippen LogP contribution in [0.3, 0.4) is 0 Å². The van der Waals surface area contributed by atoms with Gasteiger partial charge in [-0.25, -0.2) is 9.37 Å². The number of anilines is 1. The fraction of sp³-hybridized carbons (Fsp3) is 0.0667. The van der Waals surface area contributed by atoms with Crippen LogP contribution in [0, 0.1) is 5.82 Å². The van der Waals surface area contributed by atoms with Gasteiger partial charge in [-0.3, -0.25) is 4.98 Å². The van der Waals surface area contributed by atoms with Crippen molar-refractivity contribution in [2.24, 2.45) is 0 Å². The van der Waals surface area contributed by atoms with E-state index >= 15 is 0 Å². The molecule has 0 unspecified atom stereocenters. The first-order valence-electron chi connectivity index (χ1n) is 6.12. The lowest BCUT2D eigenvalue weighted by molar-refractivity contribution is 0.621. The molecular weight excluding hydrogens is 321 g/mol. The minimum atomic E-state index is -0.292. The molecule has 0 bridgehead atoms. The summed E-state index contributed by atoms with van der Waals surface area (Å²) in [5.74, 6) is -0.292. The topological polar surface area (TPSA) is 37.8 Å². The minimum Gasteiger partial charge on any atom is -0.379 e. The van der Waals surface area contributed by atoms with Gasteiger partial charge in [0.25, 0.3) is 0 Å². The van der Waals surface area contributed by atoms with Gasteiger partial charge in [-0.1, -0.05) is 12.1 Å². The Labute approximate surface area is 124 Å². The third-order valence-electron chi connectivity index (χ3n) is 2.89. The van der Waals surface area contributed by atoms with Crippen LogP contribution in [0.2, 0.25) is 0 Å². The van der Waals surface area contributed by atoms with Crippen LogP contribution in [0.4, 0.5) is 10.1 Å². The van der Waals surface area contributed by atoms with E-state index in [4.69, 9.17) is 0 Å². The summed E-state index contributed by atoms with van der Waals surface area (Å²) in [6.45, 7) is 0.499. The third kappa shape index (κ3) is 2.77. The van der Waals surface area contributed by atoms with E-state index in [1.807, 2.05) is 30.3 Å². The van der Waals surface area contributed by atoms with Crippen molar-refractivity contribution in [2.75, 3.05) is 5.32 Å². The van der Waals surface area contributed by atoms with Crippen LogP contribution in [-0.4, -0.2) is 9.97 Å². The van der Waals surface area contributed by atoms with Crippen LogP contribution in [0.5, 0.6) is 0 Å². The third-order valence-corrected chi connectivity index (χ3v) is 3.53. The van der Waals surface area contributed by atoms with E-state index in [1.54, 1.807) is 12.3 Å². The monoisotopic (exact) mass is 331 g/mol. The van der Waals surface area contributed by atoms with Gasteiger partial charge >= 0.3 is 0 Å². The summed E-state index contributed by atoms with van der Waals surface area (Å²) in [5.41, 5.74) is 3.24. The fourth-order valence-corrected chi connectivity index (χ4v) is 2.13. The molecule has 2 aromatic carbocycles. The second-order valence-corrected chi connectivity index (χ2v) is 5.19. The number of halogens is 2. The molecule has 0 aliphatic rings. The van der Waals surface area contributed by atoms with Gasteiger partial charge in [0.15, 0.2) is 0 Å². The highest BCUT2D eigenvalue weighted by Gasteiger charge is 2.02. The van der Waals surface area contributed by atoms with E-state index in [2.05, 4.69) is 31.2 Å². The molecule has 0 radical (unpaired) electrons. The van der Waals surface area contributed by atoms with Crippen molar-refractivity contribution < 1.29 is 4.39 Å². The molecule has 0 aliphatic heterocycles. The Morgan fingerprint density at radius 3 is 2.70 bits per heavy atom. The number of rotatable bonds is 3. The number of aromatic nitrogens is 2. The highest BCUT2D eigenvalue weighted by atomic mass is 79.9. The molecule has 0 saturated heterocycles. The van der Waals surface area contributed by atoms with Crippen LogP contribution >= 0.6 is 15.9 Å². The lowest BCUT2D eigenvalue weighted by Gasteiger charge is -2.07. The Balaban J connectivity index is 1.77. The summed E-state index contributed by atoms with van der Waals surface area (Å²) in [4.78, 5) is 8.84. The minimum absolute atomic E-state index is 0.292. The molecule has 100 valence electrons. The van der Waals surface area contributed by atoms with E-state index in [-0.39, 0.29) is 5.82 Å². The van der Waals surface area contributed by atoms with Gasteiger partial charge in [-0.05, 0) is 46.3 Å². The molecule has 5 heteroatoms. The molecule has 1 heterocycles. The normalized spacial score (nSPS) is 10.7. The Morgan fingerprint density at radius 2 is 1.90 bits per heavy atom. The molecule has 3 rings (SSSR count). The molecule has 0 saturated carbocycles. The maximum absolute atomic E-state index is 13.4. The number of hydrogen-bond donors (Lipinski definition) is 1.